The molecular weight excluding hydrogens is 292 g/mol. The Kier molecular flexibility index (Phi) is 4.37. The number of anilines is 1. The molecule has 2 aromatic rings. The lowest BCUT2D eigenvalue weighted by molar-refractivity contribution is -0.142. The van der Waals surface area contributed by atoms with E-state index in [2.05, 4.69) is 10.3 Å². The zero-order valence-electron chi connectivity index (χ0n) is 13.5. The van der Waals surface area contributed by atoms with Gasteiger partial charge in [-0.3, -0.25) is 4.79 Å². The fraction of sp³-hybridized carbons (Fsp3) is 0.444. The SMILES string of the molecule is Cc1nc(-c2cccc(NC3CCC(C(=O)O)CC3)c2)oc1C. The maximum absolute atomic E-state index is 11.0. The van der Waals surface area contributed by atoms with E-state index in [1.807, 2.05) is 38.1 Å². The number of aliphatic carboxylic acids is 1. The van der Waals surface area contributed by atoms with Crippen LogP contribution >= 0.6 is 0 Å². The molecule has 0 atom stereocenters. The molecule has 1 aliphatic carbocycles. The number of hydrogen-bond acceptors (Lipinski definition) is 4. The maximum atomic E-state index is 11.0. The van der Waals surface area contributed by atoms with Crippen LogP contribution in [0.3, 0.4) is 0 Å². The predicted octanol–water partition coefficient (Wildman–Crippen LogP) is 4.01. The molecule has 1 heterocycles. The lowest BCUT2D eigenvalue weighted by Crippen LogP contribution is -2.29. The largest absolute Gasteiger partial charge is 0.481 e. The van der Waals surface area contributed by atoms with Crippen molar-refractivity contribution in [1.29, 1.82) is 0 Å². The molecule has 0 bridgehead atoms. The molecular formula is C18H22N2O3. The average molecular weight is 314 g/mol. The molecule has 0 saturated heterocycles. The summed E-state index contributed by atoms with van der Waals surface area (Å²) in [5, 5.41) is 12.6. The molecule has 0 amide bonds. The third-order valence-corrected chi connectivity index (χ3v) is 4.59. The van der Waals surface area contributed by atoms with Crippen LogP contribution in [-0.4, -0.2) is 22.1 Å². The van der Waals surface area contributed by atoms with Crippen molar-refractivity contribution in [3.05, 3.63) is 35.7 Å². The number of benzene rings is 1. The molecule has 23 heavy (non-hydrogen) atoms. The first-order chi connectivity index (χ1) is 11.0. The molecule has 0 radical (unpaired) electrons. The number of carbonyl (C=O) groups is 1. The summed E-state index contributed by atoms with van der Waals surface area (Å²) in [7, 11) is 0. The van der Waals surface area contributed by atoms with Crippen LogP contribution in [0.2, 0.25) is 0 Å². The minimum absolute atomic E-state index is 0.183. The topological polar surface area (TPSA) is 75.4 Å². The summed E-state index contributed by atoms with van der Waals surface area (Å²) in [4.78, 5) is 15.5. The molecule has 5 nitrogen and oxygen atoms in total. The summed E-state index contributed by atoms with van der Waals surface area (Å²) < 4.78 is 5.68. The highest BCUT2D eigenvalue weighted by Crippen LogP contribution is 2.29. The van der Waals surface area contributed by atoms with Crippen LogP contribution in [-0.2, 0) is 4.79 Å². The molecule has 1 fully saturated rings. The van der Waals surface area contributed by atoms with E-state index in [1.165, 1.54) is 0 Å². The number of oxazole rings is 1. The van der Waals surface area contributed by atoms with E-state index in [0.717, 1.165) is 48.4 Å². The van der Waals surface area contributed by atoms with Crippen LogP contribution in [0, 0.1) is 19.8 Å². The molecule has 1 aromatic carbocycles. The fourth-order valence-corrected chi connectivity index (χ4v) is 3.06. The van der Waals surface area contributed by atoms with Crippen molar-refractivity contribution in [3.63, 3.8) is 0 Å². The minimum Gasteiger partial charge on any atom is -0.481 e. The average Bonchev–Trinajstić information content (AvgIpc) is 2.88. The van der Waals surface area contributed by atoms with Crippen LogP contribution < -0.4 is 5.32 Å². The first-order valence-electron chi connectivity index (χ1n) is 8.06. The van der Waals surface area contributed by atoms with Gasteiger partial charge in [-0.1, -0.05) is 6.07 Å². The van der Waals surface area contributed by atoms with Crippen molar-refractivity contribution >= 4 is 11.7 Å². The summed E-state index contributed by atoms with van der Waals surface area (Å²) in [6.07, 6.45) is 3.26. The Morgan fingerprint density at radius 3 is 2.61 bits per heavy atom. The predicted molar refractivity (Wildman–Crippen MR) is 88.4 cm³/mol. The second-order valence-electron chi connectivity index (χ2n) is 6.27. The van der Waals surface area contributed by atoms with Gasteiger partial charge in [-0.2, -0.15) is 0 Å². The zero-order chi connectivity index (χ0) is 16.4. The third kappa shape index (κ3) is 3.55. The first-order valence-corrected chi connectivity index (χ1v) is 8.06. The first kappa shape index (κ1) is 15.6. The summed E-state index contributed by atoms with van der Waals surface area (Å²) in [5.74, 6) is 0.626. The van der Waals surface area contributed by atoms with Gasteiger partial charge in [-0.25, -0.2) is 4.98 Å². The molecule has 1 aromatic heterocycles. The van der Waals surface area contributed by atoms with Gasteiger partial charge in [0.1, 0.15) is 5.76 Å². The maximum Gasteiger partial charge on any atom is 0.306 e. The number of rotatable bonds is 4. The fourth-order valence-electron chi connectivity index (χ4n) is 3.06. The van der Waals surface area contributed by atoms with Crippen molar-refractivity contribution in [2.75, 3.05) is 5.32 Å². The smallest absolute Gasteiger partial charge is 0.306 e. The Morgan fingerprint density at radius 2 is 2.00 bits per heavy atom. The molecule has 0 aliphatic heterocycles. The number of carboxylic acids is 1. The van der Waals surface area contributed by atoms with Crippen LogP contribution in [0.15, 0.2) is 28.7 Å². The van der Waals surface area contributed by atoms with E-state index in [4.69, 9.17) is 9.52 Å². The van der Waals surface area contributed by atoms with Gasteiger partial charge in [0.15, 0.2) is 0 Å². The van der Waals surface area contributed by atoms with Crippen molar-refractivity contribution in [3.8, 4) is 11.5 Å². The van der Waals surface area contributed by atoms with Crippen molar-refractivity contribution in [2.45, 2.75) is 45.6 Å². The second-order valence-corrected chi connectivity index (χ2v) is 6.27. The van der Waals surface area contributed by atoms with Crippen LogP contribution in [0.5, 0.6) is 0 Å². The molecule has 0 spiro atoms. The number of aryl methyl sites for hydroxylation is 2. The molecule has 1 saturated carbocycles. The Bertz CT molecular complexity index is 681. The highest BCUT2D eigenvalue weighted by atomic mass is 16.4. The normalized spacial score (nSPS) is 21.1. The number of nitrogens with one attached hydrogen (secondary N) is 1. The molecule has 0 unspecified atom stereocenters. The van der Waals surface area contributed by atoms with Gasteiger partial charge in [0, 0.05) is 17.3 Å². The van der Waals surface area contributed by atoms with E-state index < -0.39 is 5.97 Å². The van der Waals surface area contributed by atoms with Gasteiger partial charge >= 0.3 is 5.97 Å². The number of hydrogen-bond donors (Lipinski definition) is 2. The Morgan fingerprint density at radius 1 is 1.26 bits per heavy atom. The van der Waals surface area contributed by atoms with Crippen molar-refractivity contribution < 1.29 is 14.3 Å². The standard InChI is InChI=1S/C18H22N2O3/c1-11-12(2)23-17(19-11)14-4-3-5-16(10-14)20-15-8-6-13(7-9-15)18(21)22/h3-5,10,13,15,20H,6-9H2,1-2H3,(H,21,22). The summed E-state index contributed by atoms with van der Waals surface area (Å²) in [6.45, 7) is 3.85. The van der Waals surface area contributed by atoms with E-state index in [0.29, 0.717) is 11.9 Å². The lowest BCUT2D eigenvalue weighted by atomic mass is 9.86. The highest BCUT2D eigenvalue weighted by Gasteiger charge is 2.25. The van der Waals surface area contributed by atoms with Crippen LogP contribution in [0.25, 0.3) is 11.5 Å². The third-order valence-electron chi connectivity index (χ3n) is 4.59. The highest BCUT2D eigenvalue weighted by molar-refractivity contribution is 5.70. The molecule has 122 valence electrons. The van der Waals surface area contributed by atoms with Crippen molar-refractivity contribution in [2.24, 2.45) is 5.92 Å². The van der Waals surface area contributed by atoms with E-state index in [-0.39, 0.29) is 5.92 Å². The van der Waals surface area contributed by atoms with E-state index in [9.17, 15) is 4.79 Å². The Balaban J connectivity index is 1.68. The van der Waals surface area contributed by atoms with Crippen molar-refractivity contribution in [1.82, 2.24) is 4.98 Å². The molecule has 5 heteroatoms. The Labute approximate surface area is 135 Å². The number of aromatic nitrogens is 1. The monoisotopic (exact) mass is 314 g/mol. The van der Waals surface area contributed by atoms with Gasteiger partial charge in [0.05, 0.1) is 11.6 Å². The minimum atomic E-state index is -0.667. The van der Waals surface area contributed by atoms with Crippen LogP contribution in [0.4, 0.5) is 5.69 Å². The van der Waals surface area contributed by atoms with Gasteiger partial charge in [0.25, 0.3) is 0 Å². The van der Waals surface area contributed by atoms with Gasteiger partial charge in [0.2, 0.25) is 5.89 Å². The van der Waals surface area contributed by atoms with Gasteiger partial charge in [-0.05, 0) is 57.7 Å². The van der Waals surface area contributed by atoms with E-state index in [1.54, 1.807) is 0 Å². The summed E-state index contributed by atoms with van der Waals surface area (Å²) in [5.41, 5.74) is 2.88. The summed E-state index contributed by atoms with van der Waals surface area (Å²) >= 11 is 0. The lowest BCUT2D eigenvalue weighted by Gasteiger charge is -2.27. The van der Waals surface area contributed by atoms with Gasteiger partial charge in [-0.15, -0.1) is 0 Å². The zero-order valence-corrected chi connectivity index (χ0v) is 13.5. The van der Waals surface area contributed by atoms with E-state index >= 15 is 0 Å². The second kappa shape index (κ2) is 6.44. The molecule has 2 N–H and O–H groups in total. The molecule has 1 aliphatic rings. The number of nitrogens with zero attached hydrogens (tertiary/aromatic N) is 1. The Hall–Kier alpha value is -2.30. The van der Waals surface area contributed by atoms with Crippen LogP contribution in [0.1, 0.15) is 37.1 Å². The number of carboxylic acid groups (broad SMARTS) is 1. The van der Waals surface area contributed by atoms with Gasteiger partial charge < -0.3 is 14.8 Å². The quantitative estimate of drug-likeness (QED) is 0.891. The molecule has 3 rings (SSSR count). The summed E-state index contributed by atoms with van der Waals surface area (Å²) in [6, 6.07) is 8.35.